The molecule has 0 N–H and O–H groups in total. The van der Waals surface area contributed by atoms with Crippen LogP contribution in [-0.2, 0) is 20.7 Å². The molecule has 0 bridgehead atoms. The van der Waals surface area contributed by atoms with Gasteiger partial charge in [0.25, 0.3) is 5.91 Å². The van der Waals surface area contributed by atoms with Crippen molar-refractivity contribution in [2.24, 2.45) is 0 Å². The van der Waals surface area contributed by atoms with Gasteiger partial charge < -0.3 is 19.1 Å². The predicted molar refractivity (Wildman–Crippen MR) is 99.0 cm³/mol. The summed E-state index contributed by atoms with van der Waals surface area (Å²) in [5.74, 6) is 0.739. The minimum absolute atomic E-state index is 0.187. The molecule has 0 radical (unpaired) electrons. The van der Waals surface area contributed by atoms with Gasteiger partial charge in [-0.05, 0) is 43.9 Å². The van der Waals surface area contributed by atoms with Gasteiger partial charge in [-0.2, -0.15) is 0 Å². The number of carbonyl (C=O) groups excluding carboxylic acids is 2. The van der Waals surface area contributed by atoms with Crippen LogP contribution in [-0.4, -0.2) is 43.8 Å². The Bertz CT molecular complexity index is 713. The monoisotopic (exact) mass is 361 g/mol. The second-order valence-electron chi connectivity index (χ2n) is 6.22. The lowest BCUT2D eigenvalue weighted by Gasteiger charge is -2.20. The predicted octanol–water partition coefficient (Wildman–Crippen LogP) is 3.70. The van der Waals surface area contributed by atoms with E-state index in [9.17, 15) is 9.59 Å². The van der Waals surface area contributed by atoms with E-state index >= 15 is 0 Å². The lowest BCUT2D eigenvalue weighted by Crippen LogP contribution is -2.32. The van der Waals surface area contributed by atoms with Crippen LogP contribution in [0.1, 0.15) is 43.9 Å². The van der Waals surface area contributed by atoms with Crippen LogP contribution in [0.15, 0.2) is 17.9 Å². The van der Waals surface area contributed by atoms with Crippen molar-refractivity contribution in [2.45, 2.75) is 46.6 Å². The van der Waals surface area contributed by atoms with Crippen molar-refractivity contribution in [3.05, 3.63) is 34.6 Å². The number of aryl methyl sites for hydroxylation is 2. The van der Waals surface area contributed by atoms with Gasteiger partial charge in [-0.3, -0.25) is 4.79 Å². The first kappa shape index (κ1) is 19.8. The molecule has 1 aliphatic heterocycles. The van der Waals surface area contributed by atoms with E-state index in [1.807, 2.05) is 32.9 Å². The number of rotatable bonds is 6. The number of hydrogen-bond donors (Lipinski definition) is 0. The van der Waals surface area contributed by atoms with Gasteiger partial charge in [-0.25, -0.2) is 4.79 Å². The van der Waals surface area contributed by atoms with Crippen LogP contribution in [0.3, 0.4) is 0 Å². The molecule has 26 heavy (non-hydrogen) atoms. The Kier molecular flexibility index (Phi) is 6.29. The SMILES string of the molecule is CCOC(=O)OC1=C(c2c(CC)cc(C)cc2OC)C(=O)N(C)C1CC. The number of likely N-dealkylation sites (N-methyl/N-ethyl adjacent to an activating group) is 1. The van der Waals surface area contributed by atoms with Crippen molar-refractivity contribution < 1.29 is 23.8 Å². The van der Waals surface area contributed by atoms with Gasteiger partial charge in [0.2, 0.25) is 0 Å². The average molecular weight is 361 g/mol. The molecule has 0 aromatic heterocycles. The van der Waals surface area contributed by atoms with E-state index in [1.165, 1.54) is 0 Å². The van der Waals surface area contributed by atoms with E-state index in [-0.39, 0.29) is 18.6 Å². The third-order valence-electron chi connectivity index (χ3n) is 4.57. The highest BCUT2D eigenvalue weighted by atomic mass is 16.7. The average Bonchev–Trinajstić information content (AvgIpc) is 2.84. The van der Waals surface area contributed by atoms with Gasteiger partial charge in [0.15, 0.2) is 0 Å². The van der Waals surface area contributed by atoms with Gasteiger partial charge in [-0.15, -0.1) is 0 Å². The maximum Gasteiger partial charge on any atom is 0.513 e. The largest absolute Gasteiger partial charge is 0.513 e. The molecule has 142 valence electrons. The van der Waals surface area contributed by atoms with Crippen molar-refractivity contribution in [3.8, 4) is 5.75 Å². The number of ether oxygens (including phenoxy) is 3. The molecule has 1 amide bonds. The highest BCUT2D eigenvalue weighted by molar-refractivity contribution is 6.23. The van der Waals surface area contributed by atoms with E-state index in [0.717, 1.165) is 17.5 Å². The third kappa shape index (κ3) is 3.54. The Morgan fingerprint density at radius 2 is 1.92 bits per heavy atom. The van der Waals surface area contributed by atoms with Crippen LogP contribution < -0.4 is 4.74 Å². The van der Waals surface area contributed by atoms with Crippen LogP contribution in [0, 0.1) is 6.92 Å². The van der Waals surface area contributed by atoms with E-state index in [0.29, 0.717) is 29.1 Å². The molecule has 0 fully saturated rings. The fourth-order valence-electron chi connectivity index (χ4n) is 3.36. The number of carbonyl (C=O) groups is 2. The van der Waals surface area contributed by atoms with Gasteiger partial charge in [0.05, 0.1) is 25.3 Å². The molecule has 0 spiro atoms. The highest BCUT2D eigenvalue weighted by Gasteiger charge is 2.41. The van der Waals surface area contributed by atoms with Gasteiger partial charge in [-0.1, -0.05) is 19.9 Å². The Morgan fingerprint density at radius 3 is 2.46 bits per heavy atom. The minimum Gasteiger partial charge on any atom is -0.496 e. The first-order valence-electron chi connectivity index (χ1n) is 8.93. The lowest BCUT2D eigenvalue weighted by atomic mass is 9.94. The summed E-state index contributed by atoms with van der Waals surface area (Å²) in [6, 6.07) is 3.59. The molecule has 1 unspecified atom stereocenters. The third-order valence-corrected chi connectivity index (χ3v) is 4.57. The van der Waals surface area contributed by atoms with E-state index in [2.05, 4.69) is 0 Å². The molecule has 6 heteroatoms. The number of nitrogens with zero attached hydrogens (tertiary/aromatic N) is 1. The topological polar surface area (TPSA) is 65.1 Å². The van der Waals surface area contributed by atoms with Crippen molar-refractivity contribution in [1.29, 1.82) is 0 Å². The van der Waals surface area contributed by atoms with Crippen molar-refractivity contribution in [2.75, 3.05) is 20.8 Å². The van der Waals surface area contributed by atoms with Crippen molar-refractivity contribution in [3.63, 3.8) is 0 Å². The highest BCUT2D eigenvalue weighted by Crippen LogP contribution is 2.40. The van der Waals surface area contributed by atoms with Crippen LogP contribution in [0.25, 0.3) is 5.57 Å². The summed E-state index contributed by atoms with van der Waals surface area (Å²) in [5, 5.41) is 0. The Balaban J connectivity index is 2.72. The Morgan fingerprint density at radius 1 is 1.23 bits per heavy atom. The minimum atomic E-state index is -0.800. The van der Waals surface area contributed by atoms with E-state index in [4.69, 9.17) is 14.2 Å². The molecule has 1 aromatic rings. The number of amides is 1. The molecular weight excluding hydrogens is 334 g/mol. The molecule has 1 aromatic carbocycles. The van der Waals surface area contributed by atoms with Gasteiger partial charge >= 0.3 is 6.16 Å². The molecule has 1 atom stereocenters. The molecular formula is C20H27NO5. The summed E-state index contributed by atoms with van der Waals surface area (Å²) >= 11 is 0. The lowest BCUT2D eigenvalue weighted by molar-refractivity contribution is -0.124. The summed E-state index contributed by atoms with van der Waals surface area (Å²) < 4.78 is 16.0. The zero-order valence-corrected chi connectivity index (χ0v) is 16.3. The fourth-order valence-corrected chi connectivity index (χ4v) is 3.36. The summed E-state index contributed by atoms with van der Waals surface area (Å²) in [6.45, 7) is 7.85. The van der Waals surface area contributed by atoms with Crippen LogP contribution in [0.5, 0.6) is 5.75 Å². The second-order valence-corrected chi connectivity index (χ2v) is 6.22. The smallest absolute Gasteiger partial charge is 0.496 e. The van der Waals surface area contributed by atoms with Gasteiger partial charge in [0, 0.05) is 12.6 Å². The zero-order chi connectivity index (χ0) is 19.4. The molecule has 0 aliphatic carbocycles. The van der Waals surface area contributed by atoms with Crippen LogP contribution in [0.4, 0.5) is 4.79 Å². The fraction of sp³-hybridized carbons (Fsp3) is 0.500. The quantitative estimate of drug-likeness (QED) is 0.723. The van der Waals surface area contributed by atoms with Crippen LogP contribution >= 0.6 is 0 Å². The first-order chi connectivity index (χ1) is 12.4. The molecule has 2 rings (SSSR count). The molecule has 6 nitrogen and oxygen atoms in total. The zero-order valence-electron chi connectivity index (χ0n) is 16.3. The standard InChI is InChI=1S/C20H27NO5/c1-7-13-10-12(4)11-15(24-6)16(13)17-18(26-20(23)25-9-3)14(8-2)21(5)19(17)22/h10-11,14H,7-9H2,1-6H3. The Labute approximate surface area is 154 Å². The molecule has 1 heterocycles. The van der Waals surface area contributed by atoms with Crippen molar-refractivity contribution in [1.82, 2.24) is 4.90 Å². The van der Waals surface area contributed by atoms with Gasteiger partial charge in [0.1, 0.15) is 11.5 Å². The summed E-state index contributed by atoms with van der Waals surface area (Å²) in [4.78, 5) is 26.6. The molecule has 0 saturated carbocycles. The maximum absolute atomic E-state index is 13.0. The Hall–Kier alpha value is -2.50. The number of benzene rings is 1. The van der Waals surface area contributed by atoms with E-state index in [1.54, 1.807) is 26.0 Å². The molecule has 1 aliphatic rings. The van der Waals surface area contributed by atoms with Crippen molar-refractivity contribution >= 4 is 17.6 Å². The van der Waals surface area contributed by atoms with E-state index < -0.39 is 6.16 Å². The first-order valence-corrected chi connectivity index (χ1v) is 8.93. The number of methoxy groups -OCH3 is 1. The molecule has 0 saturated heterocycles. The maximum atomic E-state index is 13.0. The summed E-state index contributed by atoms with van der Waals surface area (Å²) in [6.07, 6.45) is 0.540. The normalized spacial score (nSPS) is 16.9. The number of hydrogen-bond acceptors (Lipinski definition) is 5. The second kappa shape index (κ2) is 8.25. The summed E-state index contributed by atoms with van der Waals surface area (Å²) in [5.41, 5.74) is 3.08. The van der Waals surface area contributed by atoms with Crippen LogP contribution in [0.2, 0.25) is 0 Å². The summed E-state index contributed by atoms with van der Waals surface area (Å²) in [7, 11) is 3.29.